The van der Waals surface area contributed by atoms with Crippen molar-refractivity contribution in [2.24, 2.45) is 5.92 Å². The van der Waals surface area contributed by atoms with E-state index in [2.05, 4.69) is 24.3 Å². The molecule has 0 saturated carbocycles. The number of hydrogen-bond donors (Lipinski definition) is 1. The molecular weight excluding hydrogens is 294 g/mol. The van der Waals surface area contributed by atoms with Crippen LogP contribution in [0.5, 0.6) is 0 Å². The number of carbonyl (C=O) groups is 1. The van der Waals surface area contributed by atoms with Crippen molar-refractivity contribution in [2.75, 3.05) is 5.32 Å². The maximum atomic E-state index is 12.4. The van der Waals surface area contributed by atoms with Gasteiger partial charge in [0.15, 0.2) is 0 Å². The Balaban J connectivity index is 1.90. The number of nitrogens with one attached hydrogen (secondary N) is 1. The monoisotopic (exact) mass is 313 g/mol. The van der Waals surface area contributed by atoms with Crippen LogP contribution in [-0.2, 0) is 6.54 Å². The number of rotatable bonds is 4. The summed E-state index contributed by atoms with van der Waals surface area (Å²) in [6.07, 6.45) is 0. The van der Waals surface area contributed by atoms with E-state index in [0.717, 1.165) is 33.0 Å². The highest BCUT2D eigenvalue weighted by Crippen LogP contribution is 2.29. The third-order valence-corrected chi connectivity index (χ3v) is 4.55. The molecule has 114 valence electrons. The highest BCUT2D eigenvalue weighted by Gasteiger charge is 2.16. The third-order valence-electron chi connectivity index (χ3n) is 3.40. The first-order valence-electron chi connectivity index (χ1n) is 7.38. The molecule has 1 N–H and O–H groups in total. The zero-order chi connectivity index (χ0) is 15.7. The van der Waals surface area contributed by atoms with Gasteiger partial charge in [-0.15, -0.1) is 11.3 Å². The van der Waals surface area contributed by atoms with Gasteiger partial charge in [-0.1, -0.05) is 32.0 Å². The maximum absolute atomic E-state index is 12.4. The predicted molar refractivity (Wildman–Crippen MR) is 91.6 cm³/mol. The maximum Gasteiger partial charge on any atom is 0.265 e. The smallest absolute Gasteiger partial charge is 0.265 e. The molecule has 0 atom stereocenters. The number of hydrogen-bond acceptors (Lipinski definition) is 3. The molecule has 0 aliphatic carbocycles. The molecule has 0 saturated heterocycles. The van der Waals surface area contributed by atoms with Gasteiger partial charge in [-0.25, -0.2) is 0 Å². The van der Waals surface area contributed by atoms with Gasteiger partial charge in [-0.3, -0.25) is 9.48 Å². The summed E-state index contributed by atoms with van der Waals surface area (Å²) in [6.45, 7) is 7.19. The molecule has 0 aliphatic rings. The van der Waals surface area contributed by atoms with Crippen LogP contribution in [-0.4, -0.2) is 15.7 Å². The SMILES string of the molecule is Cc1nn(CC(C)C)c2sc(C(=O)Nc3ccccc3)cc12. The van der Waals surface area contributed by atoms with Crippen LogP contribution in [0.4, 0.5) is 5.69 Å². The molecule has 1 aromatic carbocycles. The predicted octanol–water partition coefficient (Wildman–Crippen LogP) is 4.31. The number of amides is 1. The van der Waals surface area contributed by atoms with Gasteiger partial charge in [0.05, 0.1) is 10.6 Å². The first-order chi connectivity index (χ1) is 10.5. The zero-order valence-corrected chi connectivity index (χ0v) is 13.8. The van der Waals surface area contributed by atoms with E-state index < -0.39 is 0 Å². The van der Waals surface area contributed by atoms with E-state index in [1.165, 1.54) is 11.3 Å². The summed E-state index contributed by atoms with van der Waals surface area (Å²) >= 11 is 1.50. The summed E-state index contributed by atoms with van der Waals surface area (Å²) in [5.74, 6) is 0.453. The van der Waals surface area contributed by atoms with Gasteiger partial charge >= 0.3 is 0 Å². The standard InChI is InChI=1S/C17H19N3OS/c1-11(2)10-20-17-14(12(3)19-20)9-15(22-17)16(21)18-13-7-5-4-6-8-13/h4-9,11H,10H2,1-3H3,(H,18,21). The Labute approximate surface area is 133 Å². The van der Waals surface area contributed by atoms with E-state index in [1.807, 2.05) is 48.0 Å². The second kappa shape index (κ2) is 5.93. The van der Waals surface area contributed by atoms with Crippen molar-refractivity contribution in [1.82, 2.24) is 9.78 Å². The van der Waals surface area contributed by atoms with Crippen LogP contribution >= 0.6 is 11.3 Å². The summed E-state index contributed by atoms with van der Waals surface area (Å²) in [5, 5.41) is 8.57. The Morgan fingerprint density at radius 2 is 2.05 bits per heavy atom. The fourth-order valence-electron chi connectivity index (χ4n) is 2.41. The Morgan fingerprint density at radius 1 is 1.32 bits per heavy atom. The van der Waals surface area contributed by atoms with Crippen molar-refractivity contribution in [3.63, 3.8) is 0 Å². The Bertz CT molecular complexity index is 802. The molecule has 0 radical (unpaired) electrons. The molecule has 3 aromatic rings. The number of aryl methyl sites for hydroxylation is 1. The average Bonchev–Trinajstić information content (AvgIpc) is 3.02. The molecule has 0 aliphatic heterocycles. The Hall–Kier alpha value is -2.14. The van der Waals surface area contributed by atoms with E-state index in [4.69, 9.17) is 0 Å². The molecule has 5 heteroatoms. The van der Waals surface area contributed by atoms with E-state index >= 15 is 0 Å². The lowest BCUT2D eigenvalue weighted by atomic mass is 10.2. The second-order valence-corrected chi connectivity index (χ2v) is 6.84. The number of anilines is 1. The van der Waals surface area contributed by atoms with Gasteiger partial charge in [-0.05, 0) is 31.0 Å². The van der Waals surface area contributed by atoms with Crippen molar-refractivity contribution in [1.29, 1.82) is 0 Å². The minimum Gasteiger partial charge on any atom is -0.321 e. The summed E-state index contributed by atoms with van der Waals surface area (Å²) in [7, 11) is 0. The molecule has 0 unspecified atom stereocenters. The second-order valence-electron chi connectivity index (χ2n) is 5.81. The molecular formula is C17H19N3OS. The number of benzene rings is 1. The first-order valence-corrected chi connectivity index (χ1v) is 8.19. The van der Waals surface area contributed by atoms with Crippen LogP contribution in [0.2, 0.25) is 0 Å². The highest BCUT2D eigenvalue weighted by atomic mass is 32.1. The first kappa shape index (κ1) is 14.8. The number of carbonyl (C=O) groups excluding carboxylic acids is 1. The van der Waals surface area contributed by atoms with Gasteiger partial charge in [0, 0.05) is 17.6 Å². The van der Waals surface area contributed by atoms with Crippen LogP contribution in [0.1, 0.15) is 29.2 Å². The van der Waals surface area contributed by atoms with Crippen molar-refractivity contribution in [2.45, 2.75) is 27.3 Å². The van der Waals surface area contributed by atoms with Crippen LogP contribution in [0.15, 0.2) is 36.4 Å². The number of aromatic nitrogens is 2. The van der Waals surface area contributed by atoms with Gasteiger partial charge in [0.25, 0.3) is 5.91 Å². The summed E-state index contributed by atoms with van der Waals surface area (Å²) in [6, 6.07) is 11.5. The van der Waals surface area contributed by atoms with Gasteiger partial charge < -0.3 is 5.32 Å². The van der Waals surface area contributed by atoms with Gasteiger partial charge in [0.1, 0.15) is 4.83 Å². The van der Waals surface area contributed by atoms with E-state index in [1.54, 1.807) is 0 Å². The molecule has 0 spiro atoms. The fourth-order valence-corrected chi connectivity index (χ4v) is 3.47. The molecule has 2 aromatic heterocycles. The quantitative estimate of drug-likeness (QED) is 0.780. The fraction of sp³-hybridized carbons (Fsp3) is 0.294. The molecule has 4 nitrogen and oxygen atoms in total. The minimum atomic E-state index is -0.0668. The van der Waals surface area contributed by atoms with Crippen molar-refractivity contribution >= 4 is 33.1 Å². The molecule has 1 amide bonds. The lowest BCUT2D eigenvalue weighted by Crippen LogP contribution is -2.10. The number of nitrogens with zero attached hydrogens (tertiary/aromatic N) is 2. The van der Waals surface area contributed by atoms with E-state index in [-0.39, 0.29) is 5.91 Å². The minimum absolute atomic E-state index is 0.0668. The molecule has 0 bridgehead atoms. The highest BCUT2D eigenvalue weighted by molar-refractivity contribution is 7.20. The van der Waals surface area contributed by atoms with Crippen molar-refractivity contribution < 1.29 is 4.79 Å². The summed E-state index contributed by atoms with van der Waals surface area (Å²) in [4.78, 5) is 14.2. The van der Waals surface area contributed by atoms with Crippen LogP contribution < -0.4 is 5.32 Å². The Kier molecular flexibility index (Phi) is 3.98. The number of thiophene rings is 1. The average molecular weight is 313 g/mol. The lowest BCUT2D eigenvalue weighted by molar-refractivity contribution is 0.103. The molecule has 3 rings (SSSR count). The summed E-state index contributed by atoms with van der Waals surface area (Å²) < 4.78 is 2.01. The third kappa shape index (κ3) is 2.90. The largest absolute Gasteiger partial charge is 0.321 e. The van der Waals surface area contributed by atoms with Crippen LogP contribution in [0, 0.1) is 12.8 Å². The summed E-state index contributed by atoms with van der Waals surface area (Å²) in [5.41, 5.74) is 1.79. The van der Waals surface area contributed by atoms with Gasteiger partial charge in [-0.2, -0.15) is 5.10 Å². The Morgan fingerprint density at radius 3 is 2.73 bits per heavy atom. The topological polar surface area (TPSA) is 46.9 Å². The van der Waals surface area contributed by atoms with Crippen molar-refractivity contribution in [3.8, 4) is 0 Å². The van der Waals surface area contributed by atoms with Crippen LogP contribution in [0.25, 0.3) is 10.2 Å². The zero-order valence-electron chi connectivity index (χ0n) is 13.0. The normalized spacial score (nSPS) is 11.3. The van der Waals surface area contributed by atoms with Crippen LogP contribution in [0.3, 0.4) is 0 Å². The van der Waals surface area contributed by atoms with E-state index in [9.17, 15) is 4.79 Å². The van der Waals surface area contributed by atoms with Gasteiger partial charge in [0.2, 0.25) is 0 Å². The molecule has 0 fully saturated rings. The lowest BCUT2D eigenvalue weighted by Gasteiger charge is -2.05. The number of fused-ring (bicyclic) bond motifs is 1. The molecule has 2 heterocycles. The molecule has 22 heavy (non-hydrogen) atoms. The van der Waals surface area contributed by atoms with E-state index in [0.29, 0.717) is 5.92 Å². The van der Waals surface area contributed by atoms with Crippen molar-refractivity contribution in [3.05, 3.63) is 47.0 Å². The number of para-hydroxylation sites is 1.